The molecule has 0 radical (unpaired) electrons. The molecule has 3 rings (SSSR count). The monoisotopic (exact) mass is 295 g/mol. The Labute approximate surface area is 115 Å². The number of carboxylic acid groups (broad SMARTS) is 1. The van der Waals surface area contributed by atoms with Crippen LogP contribution in [0.15, 0.2) is 24.4 Å². The molecule has 1 aliphatic rings. The van der Waals surface area contributed by atoms with Crippen LogP contribution in [0.2, 0.25) is 0 Å². The van der Waals surface area contributed by atoms with Crippen molar-refractivity contribution in [2.45, 2.75) is 12.5 Å². The summed E-state index contributed by atoms with van der Waals surface area (Å²) in [5, 5.41) is 12.3. The normalized spacial score (nSPS) is 21.1. The second kappa shape index (κ2) is 4.48. The first-order valence-corrected chi connectivity index (χ1v) is 7.96. The molecule has 0 aromatic carbocycles. The lowest BCUT2D eigenvalue weighted by Crippen LogP contribution is -2.22. The van der Waals surface area contributed by atoms with E-state index in [-0.39, 0.29) is 29.1 Å². The van der Waals surface area contributed by atoms with Gasteiger partial charge < -0.3 is 10.4 Å². The van der Waals surface area contributed by atoms with Crippen molar-refractivity contribution in [3.8, 4) is 0 Å². The molecule has 1 atom stereocenters. The molecule has 0 amide bonds. The zero-order valence-corrected chi connectivity index (χ0v) is 11.3. The van der Waals surface area contributed by atoms with E-state index in [2.05, 4.69) is 10.3 Å². The molecular formula is C12H13N3O4S. The van der Waals surface area contributed by atoms with Gasteiger partial charge in [0, 0.05) is 12.2 Å². The smallest absolute Gasteiger partial charge is 0.356 e. The molecule has 20 heavy (non-hydrogen) atoms. The topological polar surface area (TPSA) is 101 Å². The fraction of sp³-hybridized carbons (Fsp3) is 0.333. The first kappa shape index (κ1) is 12.9. The van der Waals surface area contributed by atoms with Gasteiger partial charge in [0.1, 0.15) is 5.65 Å². The number of aromatic carboxylic acids is 1. The van der Waals surface area contributed by atoms with Gasteiger partial charge in [0.15, 0.2) is 21.3 Å². The fourth-order valence-electron chi connectivity index (χ4n) is 2.40. The van der Waals surface area contributed by atoms with Gasteiger partial charge in [-0.1, -0.05) is 6.07 Å². The van der Waals surface area contributed by atoms with Crippen LogP contribution in [0.4, 0.5) is 5.82 Å². The van der Waals surface area contributed by atoms with Crippen molar-refractivity contribution in [2.75, 3.05) is 16.8 Å². The molecule has 1 saturated heterocycles. The summed E-state index contributed by atoms with van der Waals surface area (Å²) in [6, 6.07) is 4.88. The number of nitrogens with one attached hydrogen (secondary N) is 1. The fourth-order valence-corrected chi connectivity index (χ4v) is 4.08. The van der Waals surface area contributed by atoms with Crippen LogP contribution in [0.5, 0.6) is 0 Å². The summed E-state index contributed by atoms with van der Waals surface area (Å²) in [6.45, 7) is 0. The number of sulfone groups is 1. The summed E-state index contributed by atoms with van der Waals surface area (Å²) < 4.78 is 24.3. The van der Waals surface area contributed by atoms with Gasteiger partial charge in [0.2, 0.25) is 0 Å². The molecule has 8 heteroatoms. The molecule has 106 valence electrons. The van der Waals surface area contributed by atoms with Crippen molar-refractivity contribution < 1.29 is 18.3 Å². The Balaban J connectivity index is 1.99. The largest absolute Gasteiger partial charge is 0.476 e. The molecule has 2 aromatic heterocycles. The van der Waals surface area contributed by atoms with Crippen molar-refractivity contribution in [3.63, 3.8) is 0 Å². The van der Waals surface area contributed by atoms with Crippen molar-refractivity contribution in [1.82, 2.24) is 9.38 Å². The molecule has 1 aliphatic heterocycles. The molecule has 3 heterocycles. The molecule has 0 aliphatic carbocycles. The average Bonchev–Trinajstić information content (AvgIpc) is 2.89. The first-order chi connectivity index (χ1) is 9.46. The molecular weight excluding hydrogens is 282 g/mol. The van der Waals surface area contributed by atoms with Crippen LogP contribution >= 0.6 is 0 Å². The molecule has 1 fully saturated rings. The zero-order chi connectivity index (χ0) is 14.3. The highest BCUT2D eigenvalue weighted by atomic mass is 32.2. The number of pyridine rings is 1. The highest BCUT2D eigenvalue weighted by Crippen LogP contribution is 2.22. The SMILES string of the molecule is O=C(O)c1c(NC2CCS(=O)(=O)C2)nc2ccccn12. The Bertz CT molecular complexity index is 781. The number of aromatic nitrogens is 2. The van der Waals surface area contributed by atoms with Gasteiger partial charge in [-0.25, -0.2) is 18.2 Å². The van der Waals surface area contributed by atoms with E-state index in [1.807, 2.05) is 0 Å². The highest BCUT2D eigenvalue weighted by Gasteiger charge is 2.30. The maximum atomic E-state index is 11.4. The van der Waals surface area contributed by atoms with E-state index in [0.717, 1.165) is 0 Å². The van der Waals surface area contributed by atoms with Crippen LogP contribution in [0.25, 0.3) is 5.65 Å². The number of carbonyl (C=O) groups is 1. The molecule has 0 bridgehead atoms. The number of hydrogen-bond donors (Lipinski definition) is 2. The quantitative estimate of drug-likeness (QED) is 0.861. The maximum Gasteiger partial charge on any atom is 0.356 e. The van der Waals surface area contributed by atoms with E-state index < -0.39 is 15.8 Å². The molecule has 0 spiro atoms. The first-order valence-electron chi connectivity index (χ1n) is 6.13. The minimum Gasteiger partial charge on any atom is -0.476 e. The summed E-state index contributed by atoms with van der Waals surface area (Å²) in [6.07, 6.45) is 2.08. The Morgan fingerprint density at radius 3 is 2.90 bits per heavy atom. The Kier molecular flexibility index (Phi) is 2.89. The van der Waals surface area contributed by atoms with Gasteiger partial charge in [-0.05, 0) is 18.6 Å². The Morgan fingerprint density at radius 1 is 1.45 bits per heavy atom. The van der Waals surface area contributed by atoms with Crippen LogP contribution in [-0.4, -0.2) is 46.4 Å². The van der Waals surface area contributed by atoms with E-state index in [1.165, 1.54) is 4.40 Å². The number of imidazole rings is 1. The Morgan fingerprint density at radius 2 is 2.25 bits per heavy atom. The maximum absolute atomic E-state index is 11.4. The predicted molar refractivity (Wildman–Crippen MR) is 72.8 cm³/mol. The standard InChI is InChI=1S/C12H13N3O4S/c16-12(17)10-11(13-8-4-6-20(18,19)7-8)14-9-3-1-2-5-15(9)10/h1-3,5,8,13H,4,6-7H2,(H,16,17). The molecule has 2 N–H and O–H groups in total. The summed E-state index contributed by atoms with van der Waals surface area (Å²) in [5.74, 6) is -0.752. The summed E-state index contributed by atoms with van der Waals surface area (Å²) in [5.41, 5.74) is 0.526. The van der Waals surface area contributed by atoms with Crippen molar-refractivity contribution in [1.29, 1.82) is 0 Å². The van der Waals surface area contributed by atoms with Crippen LogP contribution < -0.4 is 5.32 Å². The number of rotatable bonds is 3. The van der Waals surface area contributed by atoms with Gasteiger partial charge in [0.25, 0.3) is 0 Å². The van der Waals surface area contributed by atoms with Crippen molar-refractivity contribution in [2.24, 2.45) is 0 Å². The summed E-state index contributed by atoms with van der Waals surface area (Å²) in [4.78, 5) is 15.6. The minimum absolute atomic E-state index is 0.0138. The third-order valence-corrected chi connectivity index (χ3v) is 5.07. The lowest BCUT2D eigenvalue weighted by molar-refractivity contribution is 0.0690. The van der Waals surface area contributed by atoms with Gasteiger partial charge in [-0.3, -0.25) is 4.40 Å². The summed E-state index contributed by atoms with van der Waals surface area (Å²) >= 11 is 0. The van der Waals surface area contributed by atoms with Crippen LogP contribution in [0.1, 0.15) is 16.9 Å². The van der Waals surface area contributed by atoms with E-state index >= 15 is 0 Å². The molecule has 0 saturated carbocycles. The lowest BCUT2D eigenvalue weighted by atomic mass is 10.2. The van der Waals surface area contributed by atoms with E-state index in [0.29, 0.717) is 12.1 Å². The predicted octanol–water partition coefficient (Wildman–Crippen LogP) is 0.631. The molecule has 1 unspecified atom stereocenters. The zero-order valence-electron chi connectivity index (χ0n) is 10.5. The van der Waals surface area contributed by atoms with Gasteiger partial charge in [-0.2, -0.15) is 0 Å². The number of fused-ring (bicyclic) bond motifs is 1. The van der Waals surface area contributed by atoms with Crippen molar-refractivity contribution >= 4 is 27.3 Å². The van der Waals surface area contributed by atoms with E-state index in [4.69, 9.17) is 0 Å². The van der Waals surface area contributed by atoms with Gasteiger partial charge >= 0.3 is 5.97 Å². The van der Waals surface area contributed by atoms with Crippen LogP contribution in [-0.2, 0) is 9.84 Å². The second-order valence-corrected chi connectivity index (χ2v) is 7.02. The Hall–Kier alpha value is -2.09. The van der Waals surface area contributed by atoms with Crippen LogP contribution in [0.3, 0.4) is 0 Å². The van der Waals surface area contributed by atoms with Crippen LogP contribution in [0, 0.1) is 0 Å². The van der Waals surface area contributed by atoms with E-state index in [1.54, 1.807) is 24.4 Å². The summed E-state index contributed by atoms with van der Waals surface area (Å²) in [7, 11) is -3.02. The number of hydrogen-bond acceptors (Lipinski definition) is 5. The lowest BCUT2D eigenvalue weighted by Gasteiger charge is -2.10. The number of anilines is 1. The second-order valence-electron chi connectivity index (χ2n) is 4.79. The highest BCUT2D eigenvalue weighted by molar-refractivity contribution is 7.91. The third-order valence-electron chi connectivity index (χ3n) is 3.31. The van der Waals surface area contributed by atoms with E-state index in [9.17, 15) is 18.3 Å². The number of carboxylic acids is 1. The van der Waals surface area contributed by atoms with Crippen molar-refractivity contribution in [3.05, 3.63) is 30.1 Å². The van der Waals surface area contributed by atoms with Gasteiger partial charge in [0.05, 0.1) is 11.5 Å². The third kappa shape index (κ3) is 2.22. The minimum atomic E-state index is -3.02. The molecule has 2 aromatic rings. The van der Waals surface area contributed by atoms with Gasteiger partial charge in [-0.15, -0.1) is 0 Å². The average molecular weight is 295 g/mol. The molecule has 7 nitrogen and oxygen atoms in total. The number of nitrogens with zero attached hydrogens (tertiary/aromatic N) is 2.